The molecule has 0 saturated heterocycles. The molecule has 0 fully saturated rings. The Morgan fingerprint density at radius 3 is 3.00 bits per heavy atom. The number of anilines is 2. The van der Waals surface area contributed by atoms with E-state index in [9.17, 15) is 9.59 Å². The highest BCUT2D eigenvalue weighted by atomic mass is 32.1. The zero-order chi connectivity index (χ0) is 20.7. The number of amides is 2. The molecule has 0 unspecified atom stereocenters. The van der Waals surface area contributed by atoms with E-state index in [1.807, 2.05) is 36.6 Å². The Morgan fingerprint density at radius 1 is 1.23 bits per heavy atom. The molecule has 4 aromatic rings. The van der Waals surface area contributed by atoms with Crippen LogP contribution in [0.2, 0.25) is 0 Å². The molecule has 2 aromatic carbocycles. The average molecular weight is 418 g/mol. The van der Waals surface area contributed by atoms with Gasteiger partial charge >= 0.3 is 0 Å². The molecular formula is C21H18N6O2S. The largest absolute Gasteiger partial charge is 0.326 e. The fraction of sp³-hybridized carbons (Fsp3) is 0.190. The highest BCUT2D eigenvalue weighted by molar-refractivity contribution is 7.14. The Balaban J connectivity index is 1.34. The van der Waals surface area contributed by atoms with Crippen LogP contribution in [0.25, 0.3) is 22.3 Å². The number of rotatable bonds is 4. The Labute approximate surface area is 175 Å². The minimum atomic E-state index is -0.239. The first-order valence-corrected chi connectivity index (χ1v) is 10.5. The van der Waals surface area contributed by atoms with Gasteiger partial charge in [0.15, 0.2) is 5.13 Å². The number of carbonyl (C=O) groups is 2. The summed E-state index contributed by atoms with van der Waals surface area (Å²) in [5.74, 6) is -0.193. The lowest BCUT2D eigenvalue weighted by atomic mass is 9.99. The molecule has 0 atom stereocenters. The number of carbonyl (C=O) groups excluding carboxylic acids is 2. The number of hydrogen-bond acceptors (Lipinski definition) is 6. The first kappa shape index (κ1) is 18.4. The Bertz CT molecular complexity index is 1290. The van der Waals surface area contributed by atoms with E-state index < -0.39 is 0 Å². The first-order chi connectivity index (χ1) is 14.6. The molecular weight excluding hydrogens is 400 g/mol. The van der Waals surface area contributed by atoms with Gasteiger partial charge in [0.25, 0.3) is 5.91 Å². The summed E-state index contributed by atoms with van der Waals surface area (Å²) in [6.07, 6.45) is 1.21. The van der Waals surface area contributed by atoms with Crippen LogP contribution in [-0.4, -0.2) is 31.8 Å². The molecule has 30 heavy (non-hydrogen) atoms. The van der Waals surface area contributed by atoms with Crippen molar-refractivity contribution in [2.45, 2.75) is 26.3 Å². The predicted molar refractivity (Wildman–Crippen MR) is 116 cm³/mol. The van der Waals surface area contributed by atoms with Gasteiger partial charge in [-0.25, -0.2) is 9.67 Å². The molecule has 0 spiro atoms. The van der Waals surface area contributed by atoms with Crippen LogP contribution >= 0.6 is 11.3 Å². The molecule has 0 aliphatic carbocycles. The van der Waals surface area contributed by atoms with E-state index in [0.717, 1.165) is 34.6 Å². The summed E-state index contributed by atoms with van der Waals surface area (Å²) in [4.78, 5) is 28.7. The van der Waals surface area contributed by atoms with Crippen molar-refractivity contribution in [3.63, 3.8) is 0 Å². The highest BCUT2D eigenvalue weighted by Crippen LogP contribution is 2.30. The number of nitrogens with one attached hydrogen (secondary N) is 2. The quantitative estimate of drug-likeness (QED) is 0.526. The van der Waals surface area contributed by atoms with Crippen molar-refractivity contribution in [3.8, 4) is 11.3 Å². The van der Waals surface area contributed by atoms with E-state index in [1.165, 1.54) is 11.3 Å². The van der Waals surface area contributed by atoms with Gasteiger partial charge < -0.3 is 5.32 Å². The second kappa shape index (κ2) is 7.34. The van der Waals surface area contributed by atoms with Crippen molar-refractivity contribution >= 4 is 45.0 Å². The maximum Gasteiger partial charge on any atom is 0.257 e. The van der Waals surface area contributed by atoms with E-state index in [4.69, 9.17) is 0 Å². The lowest BCUT2D eigenvalue weighted by molar-refractivity contribution is -0.116. The van der Waals surface area contributed by atoms with Gasteiger partial charge in [0, 0.05) is 35.2 Å². The third kappa shape index (κ3) is 3.33. The maximum absolute atomic E-state index is 12.7. The van der Waals surface area contributed by atoms with E-state index >= 15 is 0 Å². The second-order valence-corrected chi connectivity index (χ2v) is 7.88. The van der Waals surface area contributed by atoms with E-state index in [0.29, 0.717) is 29.1 Å². The summed E-state index contributed by atoms with van der Waals surface area (Å²) in [6.45, 7) is 2.71. The monoisotopic (exact) mass is 418 g/mol. The maximum atomic E-state index is 12.7. The van der Waals surface area contributed by atoms with Crippen LogP contribution in [0.1, 0.15) is 29.3 Å². The summed E-state index contributed by atoms with van der Waals surface area (Å²) >= 11 is 1.37. The third-order valence-electron chi connectivity index (χ3n) is 5.10. The third-order valence-corrected chi connectivity index (χ3v) is 5.85. The van der Waals surface area contributed by atoms with Gasteiger partial charge in [-0.3, -0.25) is 14.9 Å². The van der Waals surface area contributed by atoms with Crippen LogP contribution in [0.15, 0.2) is 41.8 Å². The van der Waals surface area contributed by atoms with E-state index in [-0.39, 0.29) is 11.8 Å². The van der Waals surface area contributed by atoms with Gasteiger partial charge in [-0.1, -0.05) is 11.3 Å². The molecule has 9 heteroatoms. The molecule has 1 aliphatic rings. The van der Waals surface area contributed by atoms with E-state index in [1.54, 1.807) is 16.8 Å². The normalized spacial score (nSPS) is 13.2. The molecule has 2 amide bonds. The zero-order valence-electron chi connectivity index (χ0n) is 16.2. The topological polar surface area (TPSA) is 102 Å². The van der Waals surface area contributed by atoms with Crippen molar-refractivity contribution in [3.05, 3.63) is 52.9 Å². The number of aryl methyl sites for hydroxylation is 2. The van der Waals surface area contributed by atoms with Gasteiger partial charge in [0.05, 0.1) is 11.2 Å². The summed E-state index contributed by atoms with van der Waals surface area (Å²) in [7, 11) is 0. The van der Waals surface area contributed by atoms with Crippen molar-refractivity contribution in [1.29, 1.82) is 0 Å². The smallest absolute Gasteiger partial charge is 0.257 e. The van der Waals surface area contributed by atoms with Gasteiger partial charge in [0.1, 0.15) is 5.52 Å². The van der Waals surface area contributed by atoms with Crippen LogP contribution in [0.5, 0.6) is 0 Å². The number of benzene rings is 2. The summed E-state index contributed by atoms with van der Waals surface area (Å²) in [5.41, 5.74) is 5.79. The molecule has 150 valence electrons. The minimum absolute atomic E-state index is 0.0457. The van der Waals surface area contributed by atoms with Crippen LogP contribution in [0.3, 0.4) is 0 Å². The minimum Gasteiger partial charge on any atom is -0.326 e. The van der Waals surface area contributed by atoms with Crippen molar-refractivity contribution in [1.82, 2.24) is 20.0 Å². The second-order valence-electron chi connectivity index (χ2n) is 7.02. The summed E-state index contributed by atoms with van der Waals surface area (Å²) in [6, 6.07) is 11.2. The van der Waals surface area contributed by atoms with Gasteiger partial charge in [-0.05, 0) is 49.2 Å². The zero-order valence-corrected chi connectivity index (χ0v) is 17.0. The summed E-state index contributed by atoms with van der Waals surface area (Å²) < 4.78 is 1.79. The Morgan fingerprint density at radius 2 is 2.13 bits per heavy atom. The number of thiazole rings is 1. The van der Waals surface area contributed by atoms with Crippen LogP contribution in [-0.2, 0) is 17.8 Å². The fourth-order valence-corrected chi connectivity index (χ4v) is 4.24. The number of nitrogens with zero attached hydrogens (tertiary/aromatic N) is 4. The van der Waals surface area contributed by atoms with Crippen LogP contribution < -0.4 is 10.6 Å². The van der Waals surface area contributed by atoms with Gasteiger partial charge in [-0.15, -0.1) is 16.4 Å². The molecule has 0 bridgehead atoms. The van der Waals surface area contributed by atoms with Crippen molar-refractivity contribution in [2.75, 3.05) is 10.6 Å². The van der Waals surface area contributed by atoms with Crippen molar-refractivity contribution in [2.24, 2.45) is 0 Å². The predicted octanol–water partition coefficient (Wildman–Crippen LogP) is 3.71. The SMILES string of the molecule is CCn1nnc2cc(C(=O)Nc3nc(-c4ccc5c(c4)CCC(=O)N5)cs3)ccc21. The van der Waals surface area contributed by atoms with E-state index in [2.05, 4.69) is 25.9 Å². The number of hydrogen-bond donors (Lipinski definition) is 2. The molecule has 2 N–H and O–H groups in total. The molecule has 3 heterocycles. The standard InChI is InChI=1S/C21H18N6O2S/c1-2-27-18-7-4-14(10-16(18)25-26-27)20(29)24-21-23-17(11-30-21)13-3-6-15-12(9-13)5-8-19(28)22-15/h3-4,6-7,9-11H,2,5,8H2,1H3,(H,22,28)(H,23,24,29). The fourth-order valence-electron chi connectivity index (χ4n) is 3.52. The molecule has 8 nitrogen and oxygen atoms in total. The van der Waals surface area contributed by atoms with Gasteiger partial charge in [-0.2, -0.15) is 0 Å². The Hall–Kier alpha value is -3.59. The lowest BCUT2D eigenvalue weighted by Crippen LogP contribution is -2.18. The first-order valence-electron chi connectivity index (χ1n) is 9.64. The molecule has 2 aromatic heterocycles. The lowest BCUT2D eigenvalue weighted by Gasteiger charge is -2.17. The van der Waals surface area contributed by atoms with Crippen LogP contribution in [0.4, 0.5) is 10.8 Å². The molecule has 5 rings (SSSR count). The molecule has 0 radical (unpaired) electrons. The van der Waals surface area contributed by atoms with Gasteiger partial charge in [0.2, 0.25) is 5.91 Å². The molecule has 1 aliphatic heterocycles. The average Bonchev–Trinajstić information content (AvgIpc) is 3.39. The summed E-state index contributed by atoms with van der Waals surface area (Å²) in [5, 5.41) is 16.4. The van der Waals surface area contributed by atoms with Crippen molar-refractivity contribution < 1.29 is 9.59 Å². The number of fused-ring (bicyclic) bond motifs is 2. The molecule has 0 saturated carbocycles. The van der Waals surface area contributed by atoms with Crippen LogP contribution in [0, 0.1) is 0 Å². The highest BCUT2D eigenvalue weighted by Gasteiger charge is 2.17. The Kier molecular flexibility index (Phi) is 4.51. The number of aromatic nitrogens is 4.